The van der Waals surface area contributed by atoms with Gasteiger partial charge in [-0.15, -0.1) is 0 Å². The molecule has 7 nitrogen and oxygen atoms in total. The number of amides is 2. The molecule has 0 saturated carbocycles. The molecule has 0 radical (unpaired) electrons. The standard InChI is InChI=1S/C19H20F2N6O/c1-2-24-8-11-9-27(10-16(11)23)19(28)26-18-15(22)5-6-17(25-18)13-4-3-12(20)7-14(13)21/h3-8,23-24H,2,9-10,22H2,1H3,(H,25,26,28)/b11-8-,23-16?. The van der Waals surface area contributed by atoms with Crippen LogP contribution in [0.4, 0.5) is 25.1 Å². The van der Waals surface area contributed by atoms with Gasteiger partial charge in [0.1, 0.15) is 11.6 Å². The van der Waals surface area contributed by atoms with Gasteiger partial charge in [0.15, 0.2) is 5.82 Å². The summed E-state index contributed by atoms with van der Waals surface area (Å²) in [5, 5.41) is 13.6. The number of nitrogen functional groups attached to an aromatic ring is 1. The zero-order chi connectivity index (χ0) is 20.3. The van der Waals surface area contributed by atoms with Gasteiger partial charge >= 0.3 is 6.03 Å². The third kappa shape index (κ3) is 4.08. The molecule has 1 fully saturated rings. The van der Waals surface area contributed by atoms with Crippen LogP contribution in [-0.4, -0.2) is 41.3 Å². The average molecular weight is 386 g/mol. The summed E-state index contributed by atoms with van der Waals surface area (Å²) in [6.45, 7) is 3.10. The smallest absolute Gasteiger partial charge is 0.323 e. The maximum Gasteiger partial charge on any atom is 0.323 e. The molecule has 0 atom stereocenters. The van der Waals surface area contributed by atoms with Crippen LogP contribution in [0.1, 0.15) is 6.92 Å². The molecule has 1 saturated heterocycles. The van der Waals surface area contributed by atoms with Crippen LogP contribution >= 0.6 is 0 Å². The molecule has 2 heterocycles. The Morgan fingerprint density at radius 1 is 1.32 bits per heavy atom. The third-order valence-corrected chi connectivity index (χ3v) is 4.22. The fourth-order valence-corrected chi connectivity index (χ4v) is 2.75. The molecule has 1 aromatic carbocycles. The van der Waals surface area contributed by atoms with Gasteiger partial charge in [-0.1, -0.05) is 0 Å². The lowest BCUT2D eigenvalue weighted by Gasteiger charge is -2.16. The summed E-state index contributed by atoms with van der Waals surface area (Å²) < 4.78 is 27.1. The molecule has 5 N–H and O–H groups in total. The van der Waals surface area contributed by atoms with Crippen LogP contribution in [0.15, 0.2) is 42.1 Å². The molecule has 1 aliphatic rings. The predicted octanol–water partition coefficient (Wildman–Crippen LogP) is 2.97. The number of carbonyl (C=O) groups excluding carboxylic acids is 1. The van der Waals surface area contributed by atoms with Crippen LogP contribution in [0.25, 0.3) is 11.3 Å². The normalized spacial score (nSPS) is 15.2. The van der Waals surface area contributed by atoms with Gasteiger partial charge in [0, 0.05) is 29.9 Å². The number of likely N-dealkylation sites (tertiary alicyclic amines) is 1. The fourth-order valence-electron chi connectivity index (χ4n) is 2.75. The molecule has 28 heavy (non-hydrogen) atoms. The summed E-state index contributed by atoms with van der Waals surface area (Å²) in [6.07, 6.45) is 1.72. The molecule has 1 aliphatic heterocycles. The second-order valence-corrected chi connectivity index (χ2v) is 6.25. The van der Waals surface area contributed by atoms with Gasteiger partial charge in [-0.05, 0) is 31.2 Å². The van der Waals surface area contributed by atoms with Crippen LogP contribution < -0.4 is 16.4 Å². The number of carbonyl (C=O) groups is 1. The molecule has 0 bridgehead atoms. The van der Waals surface area contributed by atoms with E-state index in [9.17, 15) is 13.6 Å². The number of anilines is 2. The van der Waals surface area contributed by atoms with Gasteiger partial charge < -0.3 is 21.4 Å². The van der Waals surface area contributed by atoms with E-state index in [0.717, 1.165) is 24.3 Å². The van der Waals surface area contributed by atoms with Gasteiger partial charge in [-0.3, -0.25) is 5.32 Å². The van der Waals surface area contributed by atoms with E-state index < -0.39 is 17.7 Å². The quantitative estimate of drug-likeness (QED) is 0.648. The van der Waals surface area contributed by atoms with E-state index in [0.29, 0.717) is 5.71 Å². The third-order valence-electron chi connectivity index (χ3n) is 4.22. The van der Waals surface area contributed by atoms with E-state index in [1.54, 1.807) is 6.20 Å². The first-order valence-corrected chi connectivity index (χ1v) is 8.67. The predicted molar refractivity (Wildman–Crippen MR) is 104 cm³/mol. The first-order valence-electron chi connectivity index (χ1n) is 8.67. The molecular weight excluding hydrogens is 366 g/mol. The average Bonchev–Trinajstić information content (AvgIpc) is 3.03. The van der Waals surface area contributed by atoms with Crippen LogP contribution in [0, 0.1) is 17.0 Å². The Morgan fingerprint density at radius 3 is 2.82 bits per heavy atom. The number of halogens is 2. The maximum atomic E-state index is 14.0. The molecule has 3 rings (SSSR count). The Labute approximate surface area is 160 Å². The zero-order valence-corrected chi connectivity index (χ0v) is 15.2. The summed E-state index contributed by atoms with van der Waals surface area (Å²) in [7, 11) is 0. The van der Waals surface area contributed by atoms with Crippen LogP contribution in [0.5, 0.6) is 0 Å². The highest BCUT2D eigenvalue weighted by molar-refractivity contribution is 6.06. The van der Waals surface area contributed by atoms with Gasteiger partial charge in [-0.25, -0.2) is 18.6 Å². The van der Waals surface area contributed by atoms with Crippen molar-refractivity contribution in [2.75, 3.05) is 30.7 Å². The van der Waals surface area contributed by atoms with E-state index in [2.05, 4.69) is 15.6 Å². The van der Waals surface area contributed by atoms with E-state index in [-0.39, 0.29) is 35.9 Å². The highest BCUT2D eigenvalue weighted by Gasteiger charge is 2.26. The lowest BCUT2D eigenvalue weighted by molar-refractivity contribution is 0.225. The number of urea groups is 1. The lowest BCUT2D eigenvalue weighted by Crippen LogP contribution is -2.33. The number of nitrogens with one attached hydrogen (secondary N) is 3. The zero-order valence-electron chi connectivity index (χ0n) is 15.2. The minimum Gasteiger partial charge on any atom is -0.396 e. The minimum atomic E-state index is -0.763. The molecular formula is C19H20F2N6O. The van der Waals surface area contributed by atoms with Crippen molar-refractivity contribution >= 4 is 23.2 Å². The van der Waals surface area contributed by atoms with Crippen LogP contribution in [0.3, 0.4) is 0 Å². The molecule has 146 valence electrons. The van der Waals surface area contributed by atoms with Crippen molar-refractivity contribution in [2.24, 2.45) is 0 Å². The van der Waals surface area contributed by atoms with E-state index in [1.165, 1.54) is 23.1 Å². The summed E-state index contributed by atoms with van der Waals surface area (Å²) in [5.74, 6) is -1.38. The van der Waals surface area contributed by atoms with Gasteiger partial charge in [0.05, 0.1) is 30.2 Å². The number of benzene rings is 1. The number of hydrogen-bond acceptors (Lipinski definition) is 5. The van der Waals surface area contributed by atoms with Gasteiger partial charge in [0.2, 0.25) is 0 Å². The number of aromatic nitrogens is 1. The highest BCUT2D eigenvalue weighted by Crippen LogP contribution is 2.26. The van der Waals surface area contributed by atoms with Gasteiger partial charge in [-0.2, -0.15) is 0 Å². The first-order chi connectivity index (χ1) is 13.4. The SMILES string of the molecule is CCN/C=C1/CN(C(=O)Nc2nc(-c3ccc(F)cc3F)ccc2N)CC1=N. The van der Waals surface area contributed by atoms with E-state index in [4.69, 9.17) is 11.1 Å². The van der Waals surface area contributed by atoms with Crippen molar-refractivity contribution in [1.29, 1.82) is 5.41 Å². The largest absolute Gasteiger partial charge is 0.396 e. The van der Waals surface area contributed by atoms with E-state index in [1.807, 2.05) is 6.92 Å². The van der Waals surface area contributed by atoms with Crippen molar-refractivity contribution in [2.45, 2.75) is 6.92 Å². The molecule has 9 heteroatoms. The first kappa shape index (κ1) is 19.3. The molecule has 2 amide bonds. The second kappa shape index (κ2) is 8.03. The van der Waals surface area contributed by atoms with Crippen molar-refractivity contribution in [3.63, 3.8) is 0 Å². The van der Waals surface area contributed by atoms with Crippen molar-refractivity contribution in [3.05, 3.63) is 53.7 Å². The number of pyridine rings is 1. The number of nitrogens with zero attached hydrogens (tertiary/aromatic N) is 2. The summed E-state index contributed by atoms with van der Waals surface area (Å²) in [5.41, 5.74) is 7.46. The Kier molecular flexibility index (Phi) is 5.53. The van der Waals surface area contributed by atoms with Crippen LogP contribution in [0.2, 0.25) is 0 Å². The number of rotatable bonds is 4. The highest BCUT2D eigenvalue weighted by atomic mass is 19.1. The second-order valence-electron chi connectivity index (χ2n) is 6.25. The Bertz CT molecular complexity index is 959. The van der Waals surface area contributed by atoms with Crippen molar-refractivity contribution in [1.82, 2.24) is 15.2 Å². The number of nitrogens with two attached hydrogens (primary N) is 1. The lowest BCUT2D eigenvalue weighted by atomic mass is 10.1. The Balaban J connectivity index is 1.79. The summed E-state index contributed by atoms with van der Waals surface area (Å²) >= 11 is 0. The number of hydrogen-bond donors (Lipinski definition) is 4. The van der Waals surface area contributed by atoms with Crippen molar-refractivity contribution in [3.8, 4) is 11.3 Å². The minimum absolute atomic E-state index is 0.0712. The molecule has 2 aromatic rings. The van der Waals surface area contributed by atoms with E-state index >= 15 is 0 Å². The Morgan fingerprint density at radius 2 is 2.11 bits per heavy atom. The van der Waals surface area contributed by atoms with Crippen LogP contribution in [-0.2, 0) is 0 Å². The Hall–Kier alpha value is -3.49. The van der Waals surface area contributed by atoms with Gasteiger partial charge in [0.25, 0.3) is 0 Å². The topological polar surface area (TPSA) is 107 Å². The molecule has 0 spiro atoms. The monoisotopic (exact) mass is 386 g/mol. The summed E-state index contributed by atoms with van der Waals surface area (Å²) in [4.78, 5) is 18.2. The van der Waals surface area contributed by atoms with Crippen molar-refractivity contribution < 1.29 is 13.6 Å². The maximum absolute atomic E-state index is 14.0. The molecule has 0 unspecified atom stereocenters. The fraction of sp³-hybridized carbons (Fsp3) is 0.211. The summed E-state index contributed by atoms with van der Waals surface area (Å²) in [6, 6.07) is 5.67. The molecule has 1 aromatic heterocycles. The molecule has 0 aliphatic carbocycles.